The van der Waals surface area contributed by atoms with E-state index in [2.05, 4.69) is 33.5 Å². The van der Waals surface area contributed by atoms with Gasteiger partial charge in [-0.05, 0) is 12.5 Å². The maximum atomic E-state index is 6.00. The Bertz CT molecular complexity index is 669. The minimum absolute atomic E-state index is 0.134. The molecule has 0 fully saturated rings. The normalized spacial score (nSPS) is 17.7. The van der Waals surface area contributed by atoms with Crippen molar-refractivity contribution in [3.05, 3.63) is 39.8 Å². The van der Waals surface area contributed by atoms with Crippen molar-refractivity contribution in [1.29, 1.82) is 0 Å². The lowest BCUT2D eigenvalue weighted by atomic mass is 10.0. The van der Waals surface area contributed by atoms with Gasteiger partial charge in [0.2, 0.25) is 0 Å². The predicted octanol–water partition coefficient (Wildman–Crippen LogP) is 2.03. The summed E-state index contributed by atoms with van der Waals surface area (Å²) in [5, 5.41) is 13.4. The van der Waals surface area contributed by atoms with E-state index in [4.69, 9.17) is 10.5 Å². The summed E-state index contributed by atoms with van der Waals surface area (Å²) in [6.45, 7) is 3.20. The molecule has 0 aliphatic carbocycles. The number of ether oxygens (including phenoxy) is 1. The van der Waals surface area contributed by atoms with Crippen LogP contribution in [0.5, 0.6) is 5.75 Å². The highest BCUT2D eigenvalue weighted by molar-refractivity contribution is 7.11. The van der Waals surface area contributed by atoms with Gasteiger partial charge in [-0.2, -0.15) is 0 Å². The van der Waals surface area contributed by atoms with Crippen LogP contribution in [0.15, 0.2) is 29.3 Å². The van der Waals surface area contributed by atoms with Crippen molar-refractivity contribution in [3.8, 4) is 5.75 Å². The van der Waals surface area contributed by atoms with Crippen molar-refractivity contribution in [3.63, 3.8) is 0 Å². The number of nitrogens with zero attached hydrogens (tertiary/aromatic N) is 3. The molecule has 0 bridgehead atoms. The number of benzene rings is 1. The highest BCUT2D eigenvalue weighted by Crippen LogP contribution is 2.31. The van der Waals surface area contributed by atoms with Gasteiger partial charge in [0.25, 0.3) is 0 Å². The van der Waals surface area contributed by atoms with Crippen LogP contribution < -0.4 is 15.8 Å². The highest BCUT2D eigenvalue weighted by Gasteiger charge is 2.21. The first kappa shape index (κ1) is 14.8. The molecule has 2 aromatic rings. The van der Waals surface area contributed by atoms with Crippen LogP contribution in [0.3, 0.4) is 0 Å². The number of rotatable bonds is 4. The van der Waals surface area contributed by atoms with Crippen LogP contribution in [0, 0.1) is 0 Å². The van der Waals surface area contributed by atoms with E-state index < -0.39 is 0 Å². The highest BCUT2D eigenvalue weighted by atomic mass is 32.1. The van der Waals surface area contributed by atoms with E-state index in [0.29, 0.717) is 19.1 Å². The number of aromatic nitrogens is 2. The molecule has 1 aliphatic heterocycles. The zero-order valence-corrected chi connectivity index (χ0v) is 13.3. The maximum Gasteiger partial charge on any atom is 0.189 e. The van der Waals surface area contributed by atoms with Crippen molar-refractivity contribution in [2.24, 2.45) is 10.7 Å². The molecule has 0 spiro atoms. The molecule has 1 aliphatic rings. The zero-order chi connectivity index (χ0) is 15.4. The summed E-state index contributed by atoms with van der Waals surface area (Å²) in [6, 6.07) is 8.14. The first-order valence-electron chi connectivity index (χ1n) is 7.35. The van der Waals surface area contributed by atoms with Gasteiger partial charge in [0.05, 0.1) is 19.2 Å². The molecule has 116 valence electrons. The Morgan fingerprint density at radius 2 is 2.23 bits per heavy atom. The lowest BCUT2D eigenvalue weighted by Crippen LogP contribution is -2.37. The summed E-state index contributed by atoms with van der Waals surface area (Å²) in [5.74, 6) is 1.34. The minimum Gasteiger partial charge on any atom is -0.493 e. The number of guanidine groups is 1. The van der Waals surface area contributed by atoms with Gasteiger partial charge in [-0.25, -0.2) is 4.99 Å². The summed E-state index contributed by atoms with van der Waals surface area (Å²) in [6.07, 6.45) is 1.76. The van der Waals surface area contributed by atoms with E-state index in [1.807, 2.05) is 18.2 Å². The molecule has 0 saturated carbocycles. The molecule has 0 radical (unpaired) electrons. The van der Waals surface area contributed by atoms with Gasteiger partial charge in [0.1, 0.15) is 15.8 Å². The third kappa shape index (κ3) is 3.36. The maximum absolute atomic E-state index is 6.00. The zero-order valence-electron chi connectivity index (χ0n) is 12.5. The number of nitrogens with two attached hydrogens (primary N) is 1. The largest absolute Gasteiger partial charge is 0.493 e. The molecule has 7 heteroatoms. The fourth-order valence-electron chi connectivity index (χ4n) is 2.36. The Balaban J connectivity index is 1.64. The van der Waals surface area contributed by atoms with Crippen LogP contribution in [0.2, 0.25) is 0 Å². The molecule has 1 aromatic heterocycles. The molecule has 0 amide bonds. The van der Waals surface area contributed by atoms with E-state index in [0.717, 1.165) is 34.2 Å². The van der Waals surface area contributed by atoms with Crippen LogP contribution in [-0.4, -0.2) is 22.8 Å². The van der Waals surface area contributed by atoms with Crippen molar-refractivity contribution in [1.82, 2.24) is 15.5 Å². The molecule has 6 nitrogen and oxygen atoms in total. The number of para-hydroxylation sites is 1. The van der Waals surface area contributed by atoms with E-state index in [1.54, 1.807) is 11.3 Å². The monoisotopic (exact) mass is 317 g/mol. The Morgan fingerprint density at radius 3 is 3.05 bits per heavy atom. The smallest absolute Gasteiger partial charge is 0.189 e. The molecule has 3 N–H and O–H groups in total. The Kier molecular flexibility index (Phi) is 4.53. The molecule has 3 rings (SSSR count). The van der Waals surface area contributed by atoms with Gasteiger partial charge in [-0.3, -0.25) is 0 Å². The number of fused-ring (bicyclic) bond motifs is 1. The number of aryl methyl sites for hydroxylation is 1. The molecule has 0 saturated heterocycles. The number of nitrogens with one attached hydrogen (secondary N) is 1. The first-order valence-corrected chi connectivity index (χ1v) is 8.17. The minimum atomic E-state index is 0.134. The molecule has 1 aromatic carbocycles. The van der Waals surface area contributed by atoms with E-state index in [9.17, 15) is 0 Å². The third-order valence-electron chi connectivity index (χ3n) is 3.48. The summed E-state index contributed by atoms with van der Waals surface area (Å²) < 4.78 is 5.64. The number of aliphatic imine (C=N–C) groups is 1. The number of hydrogen-bond donors (Lipinski definition) is 2. The molecule has 1 atom stereocenters. The topological polar surface area (TPSA) is 85.4 Å². The van der Waals surface area contributed by atoms with Crippen molar-refractivity contribution >= 4 is 17.3 Å². The first-order chi connectivity index (χ1) is 10.8. The van der Waals surface area contributed by atoms with Crippen molar-refractivity contribution < 1.29 is 4.74 Å². The van der Waals surface area contributed by atoms with Crippen LogP contribution in [0.1, 0.15) is 35.0 Å². The average Bonchev–Trinajstić information content (AvgIpc) is 3.01. The quantitative estimate of drug-likeness (QED) is 0.666. The van der Waals surface area contributed by atoms with E-state index in [1.165, 1.54) is 0 Å². The number of hydrogen-bond acceptors (Lipinski definition) is 5. The fourth-order valence-corrected chi connectivity index (χ4v) is 3.07. The predicted molar refractivity (Wildman–Crippen MR) is 87.0 cm³/mol. The molecule has 1 unspecified atom stereocenters. The summed E-state index contributed by atoms with van der Waals surface area (Å²) in [4.78, 5) is 4.36. The van der Waals surface area contributed by atoms with Gasteiger partial charge in [-0.1, -0.05) is 36.5 Å². The molecule has 2 heterocycles. The molecular weight excluding hydrogens is 298 g/mol. The third-order valence-corrected chi connectivity index (χ3v) is 4.53. The van der Waals surface area contributed by atoms with Gasteiger partial charge < -0.3 is 15.8 Å². The van der Waals surface area contributed by atoms with Crippen molar-refractivity contribution in [2.45, 2.75) is 32.4 Å². The second-order valence-corrected chi connectivity index (χ2v) is 6.16. The van der Waals surface area contributed by atoms with Crippen molar-refractivity contribution in [2.75, 3.05) is 6.61 Å². The van der Waals surface area contributed by atoms with Crippen LogP contribution in [-0.2, 0) is 13.0 Å². The summed E-state index contributed by atoms with van der Waals surface area (Å²) in [5.41, 5.74) is 7.12. The fraction of sp³-hybridized carbons (Fsp3) is 0.400. The SMILES string of the molecule is CCc1nnc(CN=C(N)NC2CCOc3ccccc32)s1. The second kappa shape index (κ2) is 6.74. The van der Waals surface area contributed by atoms with Crippen LogP contribution >= 0.6 is 11.3 Å². The summed E-state index contributed by atoms with van der Waals surface area (Å²) in [7, 11) is 0. The lowest BCUT2D eigenvalue weighted by Gasteiger charge is -2.26. The second-order valence-electron chi connectivity index (χ2n) is 5.02. The molecule has 22 heavy (non-hydrogen) atoms. The summed E-state index contributed by atoms with van der Waals surface area (Å²) >= 11 is 1.58. The van der Waals surface area contributed by atoms with Gasteiger partial charge >= 0.3 is 0 Å². The average molecular weight is 317 g/mol. The molecular formula is C15H19N5OS. The Morgan fingerprint density at radius 1 is 1.41 bits per heavy atom. The van der Waals surface area contributed by atoms with Gasteiger partial charge in [0, 0.05) is 12.0 Å². The standard InChI is InChI=1S/C15H19N5OS/c1-2-13-19-20-14(22-13)9-17-15(16)18-11-7-8-21-12-6-4-3-5-10(11)12/h3-6,11H,2,7-9H2,1H3,(H3,16,17,18). The van der Waals surface area contributed by atoms with Crippen LogP contribution in [0.4, 0.5) is 0 Å². The Labute approximate surface area is 133 Å². The van der Waals surface area contributed by atoms with E-state index >= 15 is 0 Å². The lowest BCUT2D eigenvalue weighted by molar-refractivity contribution is 0.262. The van der Waals surface area contributed by atoms with E-state index in [-0.39, 0.29) is 6.04 Å². The van der Waals surface area contributed by atoms with Gasteiger partial charge in [0.15, 0.2) is 5.96 Å². The Hall–Kier alpha value is -2.15. The van der Waals surface area contributed by atoms with Crippen LogP contribution in [0.25, 0.3) is 0 Å². The van der Waals surface area contributed by atoms with Gasteiger partial charge in [-0.15, -0.1) is 10.2 Å².